The monoisotopic (exact) mass is 1130 g/mol. The summed E-state index contributed by atoms with van der Waals surface area (Å²) in [4.78, 5) is 11.1. The van der Waals surface area contributed by atoms with E-state index in [0.29, 0.717) is 48.7 Å². The van der Waals surface area contributed by atoms with Crippen molar-refractivity contribution in [1.29, 1.82) is 0 Å². The summed E-state index contributed by atoms with van der Waals surface area (Å²) < 4.78 is 17.1. The third-order valence-electron chi connectivity index (χ3n) is 16.5. The van der Waals surface area contributed by atoms with Crippen LogP contribution in [-0.4, -0.2) is 11.1 Å². The Kier molecular flexibility index (Phi) is 24.0. The number of rotatable bonds is 23. The number of hydrogen-bond acceptors (Lipinski definition) is 5. The molecule has 0 aliphatic rings. The van der Waals surface area contributed by atoms with Crippen LogP contribution in [0.4, 0.5) is 0 Å². The summed E-state index contributed by atoms with van der Waals surface area (Å²) in [5, 5.41) is 9.26. The molecule has 0 radical (unpaired) electrons. The van der Waals surface area contributed by atoms with E-state index < -0.39 is 0 Å². The lowest BCUT2D eigenvalue weighted by atomic mass is 9.69. The number of aliphatic hydroxyl groups is 1. The summed E-state index contributed by atoms with van der Waals surface area (Å²) in [6, 6.07) is 72.9. The molecular formula is C80H90O5. The average molecular weight is 1130 g/mol. The van der Waals surface area contributed by atoms with E-state index in [1.54, 1.807) is 0 Å². The van der Waals surface area contributed by atoms with E-state index in [0.717, 1.165) is 70.6 Å². The SMILES string of the molecule is CC#Cc1ccc(C(C)CC(CC(c2ccc(COc3ccc(CO)cc3)cc2)C(C)(C)C)c2ccccc2)cc1.CC#Cc1ccc(C(C)CC(CC(c2ccc(COc3ccc(COC(C)=O)cc3)cc2)C(C)(C)C)c2ccccc2)cc1. The Labute approximate surface area is 510 Å². The highest BCUT2D eigenvalue weighted by Gasteiger charge is 2.32. The molecule has 0 aliphatic heterocycles. The van der Waals surface area contributed by atoms with Crippen molar-refractivity contribution >= 4 is 5.97 Å². The fourth-order valence-corrected chi connectivity index (χ4v) is 11.5. The molecule has 0 amide bonds. The highest BCUT2D eigenvalue weighted by atomic mass is 16.5. The number of carbonyl (C=O) groups is 1. The van der Waals surface area contributed by atoms with Gasteiger partial charge in [0.2, 0.25) is 0 Å². The van der Waals surface area contributed by atoms with Gasteiger partial charge in [0.05, 0.1) is 6.61 Å². The summed E-state index contributed by atoms with van der Waals surface area (Å²) in [6.07, 6.45) is 4.34. The minimum absolute atomic E-state index is 0.0441. The first-order valence-corrected chi connectivity index (χ1v) is 30.4. The summed E-state index contributed by atoms with van der Waals surface area (Å²) >= 11 is 0. The molecule has 0 aromatic heterocycles. The molecule has 8 aromatic rings. The van der Waals surface area contributed by atoms with Gasteiger partial charge in [-0.25, -0.2) is 0 Å². The second-order valence-electron chi connectivity index (χ2n) is 25.1. The maximum absolute atomic E-state index is 11.1. The molecule has 440 valence electrons. The number of hydrogen-bond donors (Lipinski definition) is 1. The zero-order valence-electron chi connectivity index (χ0n) is 52.3. The van der Waals surface area contributed by atoms with Gasteiger partial charge in [-0.1, -0.05) is 225 Å². The third-order valence-corrected chi connectivity index (χ3v) is 16.5. The van der Waals surface area contributed by atoms with Gasteiger partial charge < -0.3 is 19.3 Å². The largest absolute Gasteiger partial charge is 0.489 e. The molecule has 8 aromatic carbocycles. The van der Waals surface area contributed by atoms with Crippen LogP contribution in [0.3, 0.4) is 0 Å². The molecule has 0 aliphatic carbocycles. The smallest absolute Gasteiger partial charge is 0.302 e. The van der Waals surface area contributed by atoms with E-state index in [-0.39, 0.29) is 30.0 Å². The fourth-order valence-electron chi connectivity index (χ4n) is 11.5. The number of ether oxygens (including phenoxy) is 3. The molecule has 8 rings (SSSR count). The minimum Gasteiger partial charge on any atom is -0.489 e. The number of carbonyl (C=O) groups excluding carboxylic acids is 1. The van der Waals surface area contributed by atoms with Crippen LogP contribution < -0.4 is 9.47 Å². The minimum atomic E-state index is -0.281. The van der Waals surface area contributed by atoms with Crippen molar-refractivity contribution in [2.24, 2.45) is 10.8 Å². The highest BCUT2D eigenvalue weighted by molar-refractivity contribution is 5.66. The van der Waals surface area contributed by atoms with Crippen molar-refractivity contribution in [2.45, 2.75) is 164 Å². The standard InChI is InChI=1S/C41H46O3.C39H44O2/c1-7-11-32-14-20-35(21-15-32)30(2)26-38(36-12-9-8-10-13-36)27-40(41(4,5)6)37-22-16-33(17-23-37)29-44-39-24-18-34(19-25-39)28-43-31(3)42;1-6-10-30-13-19-33(20-14-30)29(2)25-36(34-11-8-7-9-12-34)26-38(39(3,4)5)35-21-15-32(16-22-35)28-41-37-23-17-31(27-40)18-24-37/h8-10,12-25,30,38,40H,26-29H2,1-6H3;7-9,11-24,29,36,38,40H,25-28H2,1-5H3. The van der Waals surface area contributed by atoms with E-state index in [9.17, 15) is 9.90 Å². The maximum Gasteiger partial charge on any atom is 0.302 e. The Balaban J connectivity index is 0.000000244. The number of esters is 1. The van der Waals surface area contributed by atoms with Crippen molar-refractivity contribution in [3.63, 3.8) is 0 Å². The molecule has 85 heavy (non-hydrogen) atoms. The lowest BCUT2D eigenvalue weighted by Crippen LogP contribution is -2.22. The second-order valence-corrected chi connectivity index (χ2v) is 25.1. The van der Waals surface area contributed by atoms with Crippen LogP contribution in [0, 0.1) is 34.5 Å². The Hall–Kier alpha value is -8.09. The predicted molar refractivity (Wildman–Crippen MR) is 352 cm³/mol. The van der Waals surface area contributed by atoms with Gasteiger partial charge in [-0.3, -0.25) is 4.79 Å². The van der Waals surface area contributed by atoms with Crippen molar-refractivity contribution in [3.05, 3.63) is 273 Å². The summed E-state index contributed by atoms with van der Waals surface area (Å²) in [5.41, 5.74) is 14.8. The molecule has 0 spiro atoms. The quantitative estimate of drug-likeness (QED) is 0.0511. The van der Waals surface area contributed by atoms with Crippen molar-refractivity contribution in [1.82, 2.24) is 0 Å². The van der Waals surface area contributed by atoms with Gasteiger partial charge in [-0.15, -0.1) is 11.8 Å². The molecule has 6 atom stereocenters. The molecule has 0 fully saturated rings. The normalized spacial score (nSPS) is 13.4. The topological polar surface area (TPSA) is 65.0 Å². The first-order valence-electron chi connectivity index (χ1n) is 30.4. The van der Waals surface area contributed by atoms with Crippen molar-refractivity contribution < 1.29 is 24.1 Å². The van der Waals surface area contributed by atoms with Gasteiger partial charge in [0, 0.05) is 18.1 Å². The molecule has 0 saturated heterocycles. The van der Waals surface area contributed by atoms with E-state index >= 15 is 0 Å². The lowest BCUT2D eigenvalue weighted by Gasteiger charge is -2.35. The van der Waals surface area contributed by atoms with Crippen LogP contribution in [0.2, 0.25) is 0 Å². The Morgan fingerprint density at radius 3 is 1.07 bits per heavy atom. The van der Waals surface area contributed by atoms with Crippen LogP contribution in [-0.2, 0) is 36.0 Å². The summed E-state index contributed by atoms with van der Waals surface area (Å²) in [7, 11) is 0. The molecule has 5 nitrogen and oxygen atoms in total. The van der Waals surface area contributed by atoms with Gasteiger partial charge in [-0.05, 0) is 190 Å². The van der Waals surface area contributed by atoms with Gasteiger partial charge in [0.1, 0.15) is 31.3 Å². The summed E-state index contributed by atoms with van der Waals surface area (Å²) in [6.45, 7) is 25.4. The van der Waals surface area contributed by atoms with E-state index in [1.807, 2.05) is 62.4 Å². The van der Waals surface area contributed by atoms with E-state index in [1.165, 1.54) is 40.3 Å². The summed E-state index contributed by atoms with van der Waals surface area (Å²) in [5.74, 6) is 16.2. The zero-order chi connectivity index (χ0) is 60.8. The first-order chi connectivity index (χ1) is 40.9. The molecule has 5 heteroatoms. The zero-order valence-corrected chi connectivity index (χ0v) is 52.3. The van der Waals surface area contributed by atoms with Gasteiger partial charge in [0.15, 0.2) is 0 Å². The van der Waals surface area contributed by atoms with Crippen LogP contribution in [0.25, 0.3) is 0 Å². The molecule has 0 heterocycles. The Morgan fingerprint density at radius 2 is 0.741 bits per heavy atom. The predicted octanol–water partition coefficient (Wildman–Crippen LogP) is 19.8. The molecule has 6 unspecified atom stereocenters. The average Bonchev–Trinajstić information content (AvgIpc) is 3.55. The van der Waals surface area contributed by atoms with Crippen LogP contribution in [0.1, 0.15) is 204 Å². The third kappa shape index (κ3) is 20.3. The van der Waals surface area contributed by atoms with Crippen LogP contribution >= 0.6 is 0 Å². The Bertz CT molecular complexity index is 3380. The number of benzene rings is 8. The van der Waals surface area contributed by atoms with Gasteiger partial charge in [0.25, 0.3) is 0 Å². The molecule has 0 saturated carbocycles. The maximum atomic E-state index is 11.1. The number of aliphatic hydroxyl groups excluding tert-OH is 1. The van der Waals surface area contributed by atoms with Crippen molar-refractivity contribution in [3.8, 4) is 35.2 Å². The van der Waals surface area contributed by atoms with E-state index in [2.05, 4.69) is 237 Å². The van der Waals surface area contributed by atoms with Gasteiger partial charge >= 0.3 is 5.97 Å². The molecule has 1 N–H and O–H groups in total. The second kappa shape index (κ2) is 31.7. The lowest BCUT2D eigenvalue weighted by molar-refractivity contribution is -0.142. The van der Waals surface area contributed by atoms with Crippen molar-refractivity contribution in [2.75, 3.05) is 0 Å². The Morgan fingerprint density at radius 1 is 0.412 bits per heavy atom. The fraction of sp³-hybridized carbons (Fsp3) is 0.338. The highest BCUT2D eigenvalue weighted by Crippen LogP contribution is 2.47. The molecular weight excluding hydrogens is 1040 g/mol. The van der Waals surface area contributed by atoms with Crippen LogP contribution in [0.5, 0.6) is 11.5 Å². The molecule has 0 bridgehead atoms. The van der Waals surface area contributed by atoms with E-state index in [4.69, 9.17) is 14.2 Å². The van der Waals surface area contributed by atoms with Gasteiger partial charge in [-0.2, -0.15) is 0 Å². The van der Waals surface area contributed by atoms with Crippen LogP contribution in [0.15, 0.2) is 206 Å². The first kappa shape index (κ1) is 64.5.